The lowest BCUT2D eigenvalue weighted by molar-refractivity contribution is -0.146. The highest BCUT2D eigenvalue weighted by molar-refractivity contribution is 5.96. The molecule has 0 spiro atoms. The van der Waals surface area contributed by atoms with Gasteiger partial charge in [-0.05, 0) is 13.8 Å². The molecule has 9 N–H and O–H groups in total. The van der Waals surface area contributed by atoms with Gasteiger partial charge in [0.25, 0.3) is 0 Å². The average molecular weight is 420 g/mol. The molecular formula is C15H24N4O10. The van der Waals surface area contributed by atoms with Crippen molar-refractivity contribution >= 4 is 35.6 Å². The van der Waals surface area contributed by atoms with Crippen molar-refractivity contribution in [1.82, 2.24) is 16.0 Å². The van der Waals surface area contributed by atoms with Crippen LogP contribution >= 0.6 is 0 Å². The molecule has 164 valence electrons. The van der Waals surface area contributed by atoms with Crippen molar-refractivity contribution in [1.29, 1.82) is 0 Å². The first kappa shape index (κ1) is 25.7. The summed E-state index contributed by atoms with van der Waals surface area (Å²) in [5.41, 5.74) is 5.33. The minimum absolute atomic E-state index is 0.870. The van der Waals surface area contributed by atoms with Crippen LogP contribution in [0.3, 0.4) is 0 Å². The zero-order valence-electron chi connectivity index (χ0n) is 15.6. The maximum atomic E-state index is 12.3. The molecule has 0 rings (SSSR count). The quantitative estimate of drug-likeness (QED) is 0.152. The normalized spacial score (nSPS) is 15.7. The van der Waals surface area contributed by atoms with Gasteiger partial charge in [-0.15, -0.1) is 0 Å². The molecule has 0 aromatic heterocycles. The molecule has 0 aliphatic rings. The molecule has 0 radical (unpaired) electrons. The number of aliphatic hydroxyl groups is 1. The third-order valence-corrected chi connectivity index (χ3v) is 3.48. The van der Waals surface area contributed by atoms with Crippen LogP contribution in [-0.4, -0.2) is 86.3 Å². The van der Waals surface area contributed by atoms with E-state index in [1.54, 1.807) is 0 Å². The van der Waals surface area contributed by atoms with Gasteiger partial charge in [0.05, 0.1) is 25.0 Å². The van der Waals surface area contributed by atoms with Gasteiger partial charge in [0.15, 0.2) is 6.04 Å². The largest absolute Gasteiger partial charge is 0.481 e. The molecule has 0 saturated heterocycles. The first-order valence-electron chi connectivity index (χ1n) is 8.27. The number of nitrogens with two attached hydrogens (primary N) is 1. The zero-order chi connectivity index (χ0) is 22.9. The van der Waals surface area contributed by atoms with Crippen molar-refractivity contribution in [2.75, 3.05) is 0 Å². The van der Waals surface area contributed by atoms with Gasteiger partial charge in [-0.3, -0.25) is 24.0 Å². The number of aliphatic hydroxyl groups excluding tert-OH is 1. The van der Waals surface area contributed by atoms with Crippen molar-refractivity contribution in [3.05, 3.63) is 0 Å². The van der Waals surface area contributed by atoms with E-state index in [0.717, 1.165) is 6.92 Å². The summed E-state index contributed by atoms with van der Waals surface area (Å²) in [6.07, 6.45) is -3.41. The third-order valence-electron chi connectivity index (χ3n) is 3.48. The standard InChI is InChI=1S/C15H24N4O10/c1-5(16)12(25)17-7(3-9(21)22)13(26)18-8(4-10(23)24)14(27)19-11(6(2)20)15(28)29/h5-8,11,20H,3-4,16H2,1-2H3,(H,17,25)(H,18,26)(H,19,27)(H,21,22)(H,23,24)(H,28,29). The highest BCUT2D eigenvalue weighted by atomic mass is 16.4. The van der Waals surface area contributed by atoms with Crippen LogP contribution in [-0.2, 0) is 28.8 Å². The first-order chi connectivity index (χ1) is 13.3. The summed E-state index contributed by atoms with van der Waals surface area (Å²) in [6, 6.07) is -6.37. The Labute approximate surface area is 164 Å². The molecule has 5 unspecified atom stereocenters. The van der Waals surface area contributed by atoms with E-state index in [1.807, 2.05) is 10.6 Å². The van der Waals surface area contributed by atoms with Crippen molar-refractivity contribution < 1.29 is 49.2 Å². The molecule has 0 heterocycles. The maximum absolute atomic E-state index is 12.3. The lowest BCUT2D eigenvalue weighted by Gasteiger charge is -2.24. The Morgan fingerprint density at radius 1 is 0.759 bits per heavy atom. The van der Waals surface area contributed by atoms with Gasteiger partial charge in [-0.25, -0.2) is 4.79 Å². The van der Waals surface area contributed by atoms with Crippen LogP contribution in [0.2, 0.25) is 0 Å². The van der Waals surface area contributed by atoms with Crippen molar-refractivity contribution in [2.24, 2.45) is 5.73 Å². The molecule has 0 aliphatic heterocycles. The van der Waals surface area contributed by atoms with E-state index in [0.29, 0.717) is 0 Å². The molecule has 0 fully saturated rings. The molecule has 14 nitrogen and oxygen atoms in total. The van der Waals surface area contributed by atoms with E-state index < -0.39 is 78.7 Å². The van der Waals surface area contributed by atoms with Gasteiger partial charge in [0.2, 0.25) is 17.7 Å². The first-order valence-corrected chi connectivity index (χ1v) is 8.27. The molecular weight excluding hydrogens is 396 g/mol. The number of carbonyl (C=O) groups is 6. The number of hydrogen-bond acceptors (Lipinski definition) is 8. The summed E-state index contributed by atoms with van der Waals surface area (Å²) in [6.45, 7) is 2.34. The van der Waals surface area contributed by atoms with E-state index in [9.17, 15) is 33.9 Å². The van der Waals surface area contributed by atoms with Crippen LogP contribution in [0.15, 0.2) is 0 Å². The van der Waals surface area contributed by atoms with E-state index >= 15 is 0 Å². The molecule has 0 aromatic rings. The Hall–Kier alpha value is -3.26. The molecule has 14 heteroatoms. The second kappa shape index (κ2) is 11.6. The maximum Gasteiger partial charge on any atom is 0.328 e. The molecule has 0 aliphatic carbocycles. The highest BCUT2D eigenvalue weighted by Gasteiger charge is 2.33. The number of rotatable bonds is 12. The minimum atomic E-state index is -1.82. The van der Waals surface area contributed by atoms with Crippen molar-refractivity contribution in [3.8, 4) is 0 Å². The summed E-state index contributed by atoms with van der Waals surface area (Å²) in [4.78, 5) is 69.2. The number of aliphatic carboxylic acids is 3. The number of carboxylic acids is 3. The van der Waals surface area contributed by atoms with Crippen LogP contribution < -0.4 is 21.7 Å². The fraction of sp³-hybridized carbons (Fsp3) is 0.600. The monoisotopic (exact) mass is 420 g/mol. The van der Waals surface area contributed by atoms with E-state index in [2.05, 4.69) is 5.32 Å². The predicted octanol–water partition coefficient (Wildman–Crippen LogP) is -3.80. The van der Waals surface area contributed by atoms with Crippen molar-refractivity contribution in [2.45, 2.75) is 57.0 Å². The van der Waals surface area contributed by atoms with Crippen LogP contribution in [0.25, 0.3) is 0 Å². The second-order valence-corrected chi connectivity index (χ2v) is 6.17. The minimum Gasteiger partial charge on any atom is -0.481 e. The van der Waals surface area contributed by atoms with E-state index in [4.69, 9.17) is 21.1 Å². The lowest BCUT2D eigenvalue weighted by atomic mass is 10.1. The van der Waals surface area contributed by atoms with Gasteiger partial charge in [-0.1, -0.05) is 0 Å². The predicted molar refractivity (Wildman–Crippen MR) is 93.3 cm³/mol. The van der Waals surface area contributed by atoms with Gasteiger partial charge >= 0.3 is 17.9 Å². The van der Waals surface area contributed by atoms with E-state index in [1.165, 1.54) is 6.92 Å². The van der Waals surface area contributed by atoms with Gasteiger partial charge < -0.3 is 42.1 Å². The Bertz CT molecular complexity index is 663. The van der Waals surface area contributed by atoms with Gasteiger partial charge in [0.1, 0.15) is 12.1 Å². The molecule has 29 heavy (non-hydrogen) atoms. The number of carbonyl (C=O) groups excluding carboxylic acids is 3. The summed E-state index contributed by atoms with van der Waals surface area (Å²) >= 11 is 0. The van der Waals surface area contributed by atoms with Gasteiger partial charge in [0, 0.05) is 0 Å². The molecule has 0 bridgehead atoms. The van der Waals surface area contributed by atoms with Crippen LogP contribution in [0, 0.1) is 0 Å². The summed E-state index contributed by atoms with van der Waals surface area (Å²) in [5.74, 6) is -7.95. The fourth-order valence-electron chi connectivity index (χ4n) is 1.99. The average Bonchev–Trinajstić information content (AvgIpc) is 2.56. The molecule has 5 atom stereocenters. The zero-order valence-corrected chi connectivity index (χ0v) is 15.6. The number of carboxylic acid groups (broad SMARTS) is 3. The number of nitrogens with one attached hydrogen (secondary N) is 3. The molecule has 0 aromatic carbocycles. The number of hydrogen-bond donors (Lipinski definition) is 8. The summed E-state index contributed by atoms with van der Waals surface area (Å²) < 4.78 is 0. The Balaban J connectivity index is 5.48. The highest BCUT2D eigenvalue weighted by Crippen LogP contribution is 2.01. The Morgan fingerprint density at radius 3 is 1.45 bits per heavy atom. The van der Waals surface area contributed by atoms with E-state index in [-0.39, 0.29) is 0 Å². The van der Waals surface area contributed by atoms with Crippen LogP contribution in [0.1, 0.15) is 26.7 Å². The lowest BCUT2D eigenvalue weighted by Crippen LogP contribution is -2.58. The fourth-order valence-corrected chi connectivity index (χ4v) is 1.99. The van der Waals surface area contributed by atoms with Crippen molar-refractivity contribution in [3.63, 3.8) is 0 Å². The number of amides is 3. The SMILES string of the molecule is CC(N)C(=O)NC(CC(=O)O)C(=O)NC(CC(=O)O)C(=O)NC(C(=O)O)C(C)O. The van der Waals surface area contributed by atoms with Crippen LogP contribution in [0.5, 0.6) is 0 Å². The Kier molecular flexibility index (Phi) is 10.3. The van der Waals surface area contributed by atoms with Gasteiger partial charge in [-0.2, -0.15) is 0 Å². The topological polar surface area (TPSA) is 245 Å². The third kappa shape index (κ3) is 9.48. The summed E-state index contributed by atoms with van der Waals surface area (Å²) in [7, 11) is 0. The smallest absolute Gasteiger partial charge is 0.328 e. The molecule has 0 saturated carbocycles. The van der Waals surface area contributed by atoms with Crippen LogP contribution in [0.4, 0.5) is 0 Å². The molecule has 3 amide bonds. The Morgan fingerprint density at radius 2 is 1.14 bits per heavy atom. The summed E-state index contributed by atoms with van der Waals surface area (Å²) in [5, 5.41) is 42.1. The second-order valence-electron chi connectivity index (χ2n) is 6.17.